The number of hydrogen-bond acceptors (Lipinski definition) is 3. The maximum atomic E-state index is 5.87. The smallest absolute Gasteiger partial charge is 0.237 e. The average molecular weight is 217 g/mol. The Kier molecular flexibility index (Phi) is 1.76. The van der Waals surface area contributed by atoms with E-state index >= 15 is 0 Å². The van der Waals surface area contributed by atoms with Gasteiger partial charge in [0.05, 0.1) is 0 Å². The molecule has 0 saturated carbocycles. The average Bonchev–Trinajstić information content (AvgIpc) is 2.42. The zero-order valence-electron chi connectivity index (χ0n) is 9.73. The quantitative estimate of drug-likeness (QED) is 0.724. The van der Waals surface area contributed by atoms with Crippen LogP contribution in [0.25, 0.3) is 0 Å². The molecule has 3 rings (SSSR count). The number of hydrogen-bond donors (Lipinski definition) is 0. The van der Waals surface area contributed by atoms with Crippen molar-refractivity contribution in [3.63, 3.8) is 0 Å². The highest BCUT2D eigenvalue weighted by molar-refractivity contribution is 5.77. The monoisotopic (exact) mass is 217 g/mol. The van der Waals surface area contributed by atoms with Gasteiger partial charge in [-0.05, 0) is 12.5 Å². The van der Waals surface area contributed by atoms with Gasteiger partial charge in [-0.15, -0.1) is 0 Å². The molecule has 16 heavy (non-hydrogen) atoms. The second kappa shape index (κ2) is 2.86. The predicted molar refractivity (Wildman–Crippen MR) is 61.3 cm³/mol. The van der Waals surface area contributed by atoms with Crippen molar-refractivity contribution in [2.45, 2.75) is 38.2 Å². The Morgan fingerprint density at radius 1 is 1.19 bits per heavy atom. The minimum atomic E-state index is -0.586. The molecule has 0 amide bonds. The van der Waals surface area contributed by atoms with E-state index in [1.54, 1.807) is 0 Å². The zero-order chi connectivity index (χ0) is 11.4. The van der Waals surface area contributed by atoms with Gasteiger partial charge in [-0.3, -0.25) is 0 Å². The van der Waals surface area contributed by atoms with Crippen LogP contribution in [0.1, 0.15) is 32.4 Å². The highest BCUT2D eigenvalue weighted by Gasteiger charge is 2.68. The van der Waals surface area contributed by atoms with Crippen LogP contribution < -0.4 is 0 Å². The van der Waals surface area contributed by atoms with Gasteiger partial charge in [-0.1, -0.05) is 30.3 Å². The standard InChI is InChI=1S/C13H15NO2/c1-9-14-12(2)11(16-13(12,3)15-9)10-7-5-4-6-8-10/h4-8,11H,1-3H3/t11-,12+,13-/m0/s1. The lowest BCUT2D eigenvalue weighted by Gasteiger charge is -2.53. The van der Waals surface area contributed by atoms with Crippen LogP contribution in [0.4, 0.5) is 0 Å². The van der Waals surface area contributed by atoms with Gasteiger partial charge < -0.3 is 9.47 Å². The first-order valence-corrected chi connectivity index (χ1v) is 5.53. The van der Waals surface area contributed by atoms with Gasteiger partial charge in [0.25, 0.3) is 0 Å². The molecule has 0 radical (unpaired) electrons. The summed E-state index contributed by atoms with van der Waals surface area (Å²) in [6.45, 7) is 5.91. The van der Waals surface area contributed by atoms with Crippen molar-refractivity contribution < 1.29 is 9.47 Å². The molecule has 1 aromatic carbocycles. The lowest BCUT2D eigenvalue weighted by molar-refractivity contribution is -0.342. The Morgan fingerprint density at radius 3 is 2.50 bits per heavy atom. The molecule has 0 N–H and O–H groups in total. The largest absolute Gasteiger partial charge is 0.447 e. The number of aliphatic imine (C=N–C) groups is 1. The van der Waals surface area contributed by atoms with Gasteiger partial charge in [0.1, 0.15) is 6.10 Å². The number of nitrogens with zero attached hydrogens (tertiary/aromatic N) is 1. The minimum absolute atomic E-state index is 0.00356. The molecule has 0 bridgehead atoms. The summed E-state index contributed by atoms with van der Waals surface area (Å²) in [7, 11) is 0. The Hall–Kier alpha value is -1.35. The Bertz CT molecular complexity index is 456. The second-order valence-corrected chi connectivity index (χ2v) is 4.73. The summed E-state index contributed by atoms with van der Waals surface area (Å²) in [5.74, 6) is 0.126. The van der Waals surface area contributed by atoms with Crippen molar-refractivity contribution in [3.8, 4) is 0 Å². The minimum Gasteiger partial charge on any atom is -0.447 e. The number of ether oxygens (including phenoxy) is 2. The van der Waals surface area contributed by atoms with Crippen molar-refractivity contribution in [3.05, 3.63) is 35.9 Å². The third kappa shape index (κ3) is 1.04. The van der Waals surface area contributed by atoms with E-state index in [9.17, 15) is 0 Å². The van der Waals surface area contributed by atoms with E-state index in [1.165, 1.54) is 0 Å². The van der Waals surface area contributed by atoms with E-state index in [4.69, 9.17) is 9.47 Å². The molecule has 3 nitrogen and oxygen atoms in total. The van der Waals surface area contributed by atoms with Crippen LogP contribution in [-0.4, -0.2) is 17.2 Å². The van der Waals surface area contributed by atoms with Crippen LogP contribution in [-0.2, 0) is 9.47 Å². The fraction of sp³-hybridized carbons (Fsp3) is 0.462. The van der Waals surface area contributed by atoms with Crippen molar-refractivity contribution in [2.75, 3.05) is 0 Å². The normalized spacial score (nSPS) is 40.7. The molecule has 0 spiro atoms. The molecule has 0 aromatic heterocycles. The first-order valence-electron chi connectivity index (χ1n) is 5.53. The fourth-order valence-corrected chi connectivity index (χ4v) is 2.58. The highest BCUT2D eigenvalue weighted by atomic mass is 16.7. The van der Waals surface area contributed by atoms with E-state index < -0.39 is 5.79 Å². The van der Waals surface area contributed by atoms with E-state index in [0.29, 0.717) is 5.90 Å². The summed E-state index contributed by atoms with van der Waals surface area (Å²) < 4.78 is 11.5. The van der Waals surface area contributed by atoms with Crippen LogP contribution >= 0.6 is 0 Å². The number of rotatable bonds is 1. The molecule has 2 aliphatic heterocycles. The number of fused-ring (bicyclic) bond motifs is 1. The topological polar surface area (TPSA) is 30.8 Å². The Balaban J connectivity index is 1.98. The lowest BCUT2D eigenvalue weighted by atomic mass is 9.77. The van der Waals surface area contributed by atoms with Crippen molar-refractivity contribution >= 4 is 5.90 Å². The molecular weight excluding hydrogens is 202 g/mol. The summed E-state index contributed by atoms with van der Waals surface area (Å²) in [4.78, 5) is 4.59. The van der Waals surface area contributed by atoms with Gasteiger partial charge in [0, 0.05) is 13.8 Å². The van der Waals surface area contributed by atoms with Crippen molar-refractivity contribution in [2.24, 2.45) is 4.99 Å². The van der Waals surface area contributed by atoms with E-state index in [1.807, 2.05) is 32.0 Å². The summed E-state index contributed by atoms with van der Waals surface area (Å²) in [5.41, 5.74) is 0.864. The van der Waals surface area contributed by atoms with Gasteiger partial charge >= 0.3 is 0 Å². The second-order valence-electron chi connectivity index (χ2n) is 4.73. The molecule has 2 aliphatic rings. The van der Waals surface area contributed by atoms with Gasteiger partial charge in [-0.25, -0.2) is 4.99 Å². The zero-order valence-corrected chi connectivity index (χ0v) is 9.73. The summed E-state index contributed by atoms with van der Waals surface area (Å²) >= 11 is 0. The molecule has 0 aliphatic carbocycles. The first kappa shape index (κ1) is 9.85. The van der Waals surface area contributed by atoms with Gasteiger partial charge in [0.15, 0.2) is 11.4 Å². The molecular formula is C13H15NO2. The van der Waals surface area contributed by atoms with Gasteiger partial charge in [0.2, 0.25) is 5.79 Å². The summed E-state index contributed by atoms with van der Waals surface area (Å²) in [6.07, 6.45) is -0.00356. The van der Waals surface area contributed by atoms with Gasteiger partial charge in [-0.2, -0.15) is 0 Å². The van der Waals surface area contributed by atoms with Crippen molar-refractivity contribution in [1.82, 2.24) is 0 Å². The molecule has 3 atom stereocenters. The molecule has 1 fully saturated rings. The Morgan fingerprint density at radius 2 is 1.88 bits per heavy atom. The third-order valence-electron chi connectivity index (χ3n) is 3.61. The van der Waals surface area contributed by atoms with Crippen LogP contribution in [0.5, 0.6) is 0 Å². The maximum absolute atomic E-state index is 5.87. The maximum Gasteiger partial charge on any atom is 0.237 e. The fourth-order valence-electron chi connectivity index (χ4n) is 2.58. The first-order chi connectivity index (χ1) is 7.55. The van der Waals surface area contributed by atoms with E-state index in [2.05, 4.69) is 24.0 Å². The van der Waals surface area contributed by atoms with Crippen LogP contribution in [0, 0.1) is 0 Å². The predicted octanol–water partition coefficient (Wildman–Crippen LogP) is 2.68. The Labute approximate surface area is 95.1 Å². The van der Waals surface area contributed by atoms with Crippen LogP contribution in [0.3, 0.4) is 0 Å². The number of benzene rings is 1. The lowest BCUT2D eigenvalue weighted by Crippen LogP contribution is -2.64. The van der Waals surface area contributed by atoms with E-state index in [0.717, 1.165) is 5.56 Å². The highest BCUT2D eigenvalue weighted by Crippen LogP contribution is 2.57. The van der Waals surface area contributed by atoms with Crippen molar-refractivity contribution in [1.29, 1.82) is 0 Å². The molecule has 1 saturated heterocycles. The molecule has 84 valence electrons. The molecule has 2 heterocycles. The molecule has 3 heteroatoms. The van der Waals surface area contributed by atoms with Crippen LogP contribution in [0.2, 0.25) is 0 Å². The summed E-state index contributed by atoms with van der Waals surface area (Å²) in [6, 6.07) is 10.2. The van der Waals surface area contributed by atoms with E-state index in [-0.39, 0.29) is 11.6 Å². The molecule has 0 unspecified atom stereocenters. The SMILES string of the molecule is CC1=N[C@]2(C)[C@H](c3ccccc3)O[C@]2(C)O1. The molecule has 1 aromatic rings. The third-order valence-corrected chi connectivity index (χ3v) is 3.61. The van der Waals surface area contributed by atoms with Crippen LogP contribution in [0.15, 0.2) is 35.3 Å². The summed E-state index contributed by atoms with van der Waals surface area (Å²) in [5, 5.41) is 0.